The van der Waals surface area contributed by atoms with Crippen LogP contribution < -0.4 is 0 Å². The molecule has 0 aromatic carbocycles. The number of hydrogen-bond donors (Lipinski definition) is 0. The Morgan fingerprint density at radius 2 is 1.71 bits per heavy atom. The summed E-state index contributed by atoms with van der Waals surface area (Å²) in [6.07, 6.45) is -2.33. The fraction of sp³-hybridized carbons (Fsp3) is 0.714. The number of alkyl halides is 3. The molecule has 0 saturated heterocycles. The number of rotatable bonds is 7. The molecule has 0 unspecified atom stereocenters. The number of hydrogen-bond acceptors (Lipinski definition) is 4. The highest BCUT2D eigenvalue weighted by atomic mass is 32.1. The third-order valence-electron chi connectivity index (χ3n) is 3.93. The topological polar surface area (TPSA) is 33.2 Å². The Kier molecular flexibility index (Phi) is 5.92. The molecule has 3 nitrogen and oxygen atoms in total. The molecule has 0 radical (unpaired) electrons. The van der Waals surface area contributed by atoms with Crippen LogP contribution in [0.5, 0.6) is 0 Å². The minimum atomic E-state index is -4.50. The zero-order valence-corrected chi connectivity index (χ0v) is 13.6. The Balaban J connectivity index is 3.21. The third-order valence-corrected chi connectivity index (χ3v) is 4.97. The lowest BCUT2D eigenvalue weighted by Crippen LogP contribution is -2.53. The van der Waals surface area contributed by atoms with E-state index in [4.69, 9.17) is 0 Å². The van der Waals surface area contributed by atoms with Crippen LogP contribution in [0.25, 0.3) is 0 Å². The zero-order chi connectivity index (χ0) is 16.3. The van der Waals surface area contributed by atoms with E-state index in [1.807, 2.05) is 32.6 Å². The molecule has 0 spiro atoms. The molecule has 1 aromatic heterocycles. The molecule has 0 fully saturated rings. The minimum absolute atomic E-state index is 0.0814. The smallest absolute Gasteiger partial charge is 0.291 e. The number of carbonyl (C=O) groups excluding carboxylic acids is 1. The van der Waals surface area contributed by atoms with Crippen molar-refractivity contribution in [2.24, 2.45) is 0 Å². The van der Waals surface area contributed by atoms with Crippen molar-refractivity contribution in [3.8, 4) is 0 Å². The molecule has 1 rings (SSSR count). The molecule has 0 amide bonds. The molecule has 1 aromatic rings. The number of carbonyl (C=O) groups is 1. The highest BCUT2D eigenvalue weighted by Gasteiger charge is 2.42. The van der Waals surface area contributed by atoms with E-state index in [9.17, 15) is 18.0 Å². The molecule has 0 bridgehead atoms. The fourth-order valence-electron chi connectivity index (χ4n) is 2.73. The molecule has 1 heterocycles. The summed E-state index contributed by atoms with van der Waals surface area (Å²) in [5.41, 5.74) is -0.751. The number of halogens is 3. The zero-order valence-electron chi connectivity index (χ0n) is 12.8. The minimum Gasteiger partial charge on any atom is -0.291 e. The molecule has 0 aliphatic rings. The highest BCUT2D eigenvalue weighted by Crippen LogP contribution is 2.35. The second-order valence-corrected chi connectivity index (χ2v) is 5.80. The lowest BCUT2D eigenvalue weighted by atomic mass is 9.85. The average molecular weight is 322 g/mol. The van der Waals surface area contributed by atoms with E-state index in [1.165, 1.54) is 0 Å². The van der Waals surface area contributed by atoms with Crippen LogP contribution in [0.2, 0.25) is 0 Å². The number of Topliss-reactive ketones (excluding diaryl/α,β-unsaturated/α-hetero) is 1. The van der Waals surface area contributed by atoms with Crippen LogP contribution >= 0.6 is 11.3 Å². The van der Waals surface area contributed by atoms with E-state index in [0.29, 0.717) is 37.3 Å². The maximum atomic E-state index is 12.8. The SMILES string of the molecule is CCN(CC)C(CC)(CC)C(=O)c1cnc(C(F)(F)F)s1. The van der Waals surface area contributed by atoms with Gasteiger partial charge in [-0.3, -0.25) is 9.69 Å². The van der Waals surface area contributed by atoms with Gasteiger partial charge in [-0.15, -0.1) is 11.3 Å². The summed E-state index contributed by atoms with van der Waals surface area (Å²) in [4.78, 5) is 18.2. The number of thiazole rings is 1. The largest absolute Gasteiger partial charge is 0.443 e. The monoisotopic (exact) mass is 322 g/mol. The lowest BCUT2D eigenvalue weighted by Gasteiger charge is -2.40. The van der Waals surface area contributed by atoms with E-state index in [1.54, 1.807) is 0 Å². The summed E-state index contributed by atoms with van der Waals surface area (Å²) in [6.45, 7) is 9.04. The van der Waals surface area contributed by atoms with Gasteiger partial charge in [0.2, 0.25) is 0 Å². The highest BCUT2D eigenvalue weighted by molar-refractivity contribution is 7.13. The second-order valence-electron chi connectivity index (χ2n) is 4.77. The Labute approximate surface area is 127 Å². The molecule has 0 aliphatic carbocycles. The van der Waals surface area contributed by atoms with Crippen molar-refractivity contribution >= 4 is 17.1 Å². The van der Waals surface area contributed by atoms with Gasteiger partial charge in [0.1, 0.15) is 0 Å². The van der Waals surface area contributed by atoms with Gasteiger partial charge in [-0.05, 0) is 25.9 Å². The molecule has 0 atom stereocenters. The van der Waals surface area contributed by atoms with Crippen molar-refractivity contribution in [2.45, 2.75) is 52.3 Å². The normalized spacial score (nSPS) is 13.0. The van der Waals surface area contributed by atoms with Crippen molar-refractivity contribution in [3.63, 3.8) is 0 Å². The summed E-state index contributed by atoms with van der Waals surface area (Å²) in [6, 6.07) is 0. The first-order valence-electron chi connectivity index (χ1n) is 7.09. The van der Waals surface area contributed by atoms with Crippen molar-refractivity contribution in [1.29, 1.82) is 0 Å². The molecule has 0 N–H and O–H groups in total. The van der Waals surface area contributed by atoms with Gasteiger partial charge in [-0.1, -0.05) is 27.7 Å². The van der Waals surface area contributed by atoms with E-state index in [-0.39, 0.29) is 10.7 Å². The van der Waals surface area contributed by atoms with Gasteiger partial charge in [-0.25, -0.2) is 4.98 Å². The summed E-state index contributed by atoms with van der Waals surface area (Å²) in [5, 5.41) is -0.966. The number of likely N-dealkylation sites (N-methyl/N-ethyl adjacent to an activating group) is 1. The number of ketones is 1. The number of aromatic nitrogens is 1. The molecule has 7 heteroatoms. The van der Waals surface area contributed by atoms with E-state index in [0.717, 1.165) is 6.20 Å². The predicted molar refractivity (Wildman–Crippen MR) is 77.7 cm³/mol. The van der Waals surface area contributed by atoms with Gasteiger partial charge in [0.15, 0.2) is 10.8 Å². The van der Waals surface area contributed by atoms with Gasteiger partial charge < -0.3 is 0 Å². The Morgan fingerprint density at radius 3 is 2.05 bits per heavy atom. The maximum Gasteiger partial charge on any atom is 0.443 e. The van der Waals surface area contributed by atoms with Crippen molar-refractivity contribution in [2.75, 3.05) is 13.1 Å². The van der Waals surface area contributed by atoms with Crippen LogP contribution in [-0.2, 0) is 6.18 Å². The van der Waals surface area contributed by atoms with Crippen LogP contribution in [-0.4, -0.2) is 34.3 Å². The maximum absolute atomic E-state index is 12.8. The lowest BCUT2D eigenvalue weighted by molar-refractivity contribution is -0.137. The third kappa shape index (κ3) is 3.45. The van der Waals surface area contributed by atoms with Crippen LogP contribution in [0.1, 0.15) is 55.2 Å². The van der Waals surface area contributed by atoms with Crippen molar-refractivity contribution in [1.82, 2.24) is 9.88 Å². The molecule has 0 aliphatic heterocycles. The van der Waals surface area contributed by atoms with Gasteiger partial charge in [0, 0.05) is 6.20 Å². The fourth-order valence-corrected chi connectivity index (χ4v) is 3.55. The first-order valence-corrected chi connectivity index (χ1v) is 7.91. The molecule has 120 valence electrons. The Hall–Kier alpha value is -0.950. The first kappa shape index (κ1) is 18.1. The summed E-state index contributed by atoms with van der Waals surface area (Å²) in [5.74, 6) is -0.260. The van der Waals surface area contributed by atoms with Gasteiger partial charge in [0.25, 0.3) is 0 Å². The quantitative estimate of drug-likeness (QED) is 0.704. The van der Waals surface area contributed by atoms with Crippen molar-refractivity contribution < 1.29 is 18.0 Å². The first-order chi connectivity index (χ1) is 9.76. The molecular formula is C14H21F3N2OS. The van der Waals surface area contributed by atoms with Gasteiger partial charge in [-0.2, -0.15) is 13.2 Å². The summed E-state index contributed by atoms with van der Waals surface area (Å²) in [7, 11) is 0. The van der Waals surface area contributed by atoms with Crippen LogP contribution in [0.3, 0.4) is 0 Å². The van der Waals surface area contributed by atoms with E-state index < -0.39 is 16.7 Å². The number of nitrogens with zero attached hydrogens (tertiary/aromatic N) is 2. The average Bonchev–Trinajstić information content (AvgIpc) is 2.94. The van der Waals surface area contributed by atoms with Crippen LogP contribution in [0.15, 0.2) is 6.20 Å². The van der Waals surface area contributed by atoms with Crippen molar-refractivity contribution in [3.05, 3.63) is 16.1 Å². The summed E-state index contributed by atoms with van der Waals surface area (Å²) >= 11 is 0.432. The van der Waals surface area contributed by atoms with E-state index in [2.05, 4.69) is 4.98 Å². The molecule has 0 saturated carbocycles. The Bertz CT molecular complexity index is 477. The van der Waals surface area contributed by atoms with Gasteiger partial charge in [0.05, 0.1) is 10.4 Å². The second kappa shape index (κ2) is 6.87. The predicted octanol–water partition coefficient (Wildman–Crippen LogP) is 4.25. The molecule has 21 heavy (non-hydrogen) atoms. The van der Waals surface area contributed by atoms with Crippen LogP contribution in [0, 0.1) is 0 Å². The molecular weight excluding hydrogens is 301 g/mol. The summed E-state index contributed by atoms with van der Waals surface area (Å²) < 4.78 is 37.9. The van der Waals surface area contributed by atoms with E-state index >= 15 is 0 Å². The Morgan fingerprint density at radius 1 is 1.19 bits per heavy atom. The van der Waals surface area contributed by atoms with Gasteiger partial charge >= 0.3 is 6.18 Å². The standard InChI is InChI=1S/C14H21F3N2OS/c1-5-13(6-2,19(7-3)8-4)11(20)10-9-18-12(21-10)14(15,16)17/h9H,5-8H2,1-4H3. The van der Waals surface area contributed by atoms with Crippen LogP contribution in [0.4, 0.5) is 13.2 Å².